The van der Waals surface area contributed by atoms with Gasteiger partial charge in [-0.1, -0.05) is 35.8 Å². The smallest absolute Gasteiger partial charge is 0.310 e. The van der Waals surface area contributed by atoms with Gasteiger partial charge in [-0.2, -0.15) is 0 Å². The number of rotatable bonds is 3. The third-order valence-electron chi connectivity index (χ3n) is 5.09. The summed E-state index contributed by atoms with van der Waals surface area (Å²) in [6.07, 6.45) is 0.288. The van der Waals surface area contributed by atoms with E-state index in [9.17, 15) is 9.59 Å². The number of amides is 1. The molecule has 2 aliphatic heterocycles. The molecule has 0 bridgehead atoms. The largest absolute Gasteiger partial charge is 0.466 e. The number of nitrogens with one attached hydrogen (secondary N) is 1. The maximum atomic E-state index is 13.1. The van der Waals surface area contributed by atoms with Crippen molar-refractivity contribution in [2.75, 3.05) is 18.5 Å². The second-order valence-electron chi connectivity index (χ2n) is 6.45. The van der Waals surface area contributed by atoms with E-state index in [2.05, 4.69) is 21.2 Å². The minimum absolute atomic E-state index is 0.104. The van der Waals surface area contributed by atoms with Crippen molar-refractivity contribution in [2.24, 2.45) is 11.8 Å². The molecule has 1 spiro atoms. The molecule has 0 aliphatic carbocycles. The van der Waals surface area contributed by atoms with Crippen LogP contribution in [0.2, 0.25) is 0 Å². The van der Waals surface area contributed by atoms with Crippen molar-refractivity contribution in [3.63, 3.8) is 0 Å². The summed E-state index contributed by atoms with van der Waals surface area (Å²) in [6, 6.07) is 5.68. The second kappa shape index (κ2) is 6.48. The van der Waals surface area contributed by atoms with Gasteiger partial charge in [-0.15, -0.1) is 0 Å². The van der Waals surface area contributed by atoms with E-state index < -0.39 is 11.3 Å². The number of carbonyl (C=O) groups excluding carboxylic acids is 2. The molecular formula is C18H22BrNO4. The van der Waals surface area contributed by atoms with E-state index in [4.69, 9.17) is 9.47 Å². The molecular weight excluding hydrogens is 374 g/mol. The zero-order valence-electron chi connectivity index (χ0n) is 14.1. The van der Waals surface area contributed by atoms with Gasteiger partial charge in [-0.3, -0.25) is 9.59 Å². The number of benzene rings is 1. The Morgan fingerprint density at radius 2 is 2.21 bits per heavy atom. The van der Waals surface area contributed by atoms with Crippen molar-refractivity contribution in [1.29, 1.82) is 0 Å². The fourth-order valence-corrected chi connectivity index (χ4v) is 4.55. The van der Waals surface area contributed by atoms with Crippen LogP contribution in [0.4, 0.5) is 5.69 Å². The Kier molecular flexibility index (Phi) is 4.71. The number of ether oxygens (including phenoxy) is 2. The van der Waals surface area contributed by atoms with E-state index in [1.54, 1.807) is 6.92 Å². The predicted octanol–water partition coefficient (Wildman–Crippen LogP) is 3.26. The van der Waals surface area contributed by atoms with Gasteiger partial charge < -0.3 is 14.8 Å². The Morgan fingerprint density at radius 3 is 2.88 bits per heavy atom. The first-order valence-electron chi connectivity index (χ1n) is 8.36. The highest BCUT2D eigenvalue weighted by Gasteiger charge is 2.63. The average Bonchev–Trinajstić information content (AvgIpc) is 2.80. The van der Waals surface area contributed by atoms with Gasteiger partial charge in [0.1, 0.15) is 5.41 Å². The molecule has 1 N–H and O–H groups in total. The molecule has 6 heteroatoms. The minimum Gasteiger partial charge on any atom is -0.466 e. The normalized spacial score (nSPS) is 31.7. The average molecular weight is 396 g/mol. The highest BCUT2D eigenvalue weighted by Crippen LogP contribution is 2.52. The fraction of sp³-hybridized carbons (Fsp3) is 0.556. The molecule has 1 saturated heterocycles. The summed E-state index contributed by atoms with van der Waals surface area (Å²) in [5.74, 6) is -1.16. The molecule has 1 aromatic rings. The van der Waals surface area contributed by atoms with Crippen LogP contribution in [-0.4, -0.2) is 31.2 Å². The minimum atomic E-state index is -1.03. The van der Waals surface area contributed by atoms with Crippen LogP contribution in [0.3, 0.4) is 0 Å². The molecule has 0 unspecified atom stereocenters. The first-order chi connectivity index (χ1) is 11.5. The molecule has 4 atom stereocenters. The summed E-state index contributed by atoms with van der Waals surface area (Å²) >= 11 is 3.44. The van der Waals surface area contributed by atoms with Crippen LogP contribution in [0, 0.1) is 11.8 Å². The number of fused-ring (bicyclic) bond motifs is 2. The van der Waals surface area contributed by atoms with Gasteiger partial charge in [0, 0.05) is 10.2 Å². The van der Waals surface area contributed by atoms with Crippen molar-refractivity contribution in [3.05, 3.63) is 28.2 Å². The van der Waals surface area contributed by atoms with Gasteiger partial charge in [0.2, 0.25) is 5.91 Å². The van der Waals surface area contributed by atoms with Crippen LogP contribution >= 0.6 is 15.9 Å². The van der Waals surface area contributed by atoms with Gasteiger partial charge in [0.25, 0.3) is 0 Å². The number of hydrogen-bond donors (Lipinski definition) is 1. The molecule has 2 aliphatic rings. The molecule has 0 aromatic heterocycles. The van der Waals surface area contributed by atoms with E-state index in [-0.39, 0.29) is 23.9 Å². The molecule has 0 radical (unpaired) electrons. The molecule has 5 nitrogen and oxygen atoms in total. The zero-order chi connectivity index (χ0) is 17.5. The lowest BCUT2D eigenvalue weighted by atomic mass is 9.61. The van der Waals surface area contributed by atoms with Gasteiger partial charge in [-0.05, 0) is 37.0 Å². The van der Waals surface area contributed by atoms with Crippen LogP contribution in [0.25, 0.3) is 0 Å². The van der Waals surface area contributed by atoms with Gasteiger partial charge in [0.05, 0.1) is 25.2 Å². The first-order valence-corrected chi connectivity index (χ1v) is 9.15. The van der Waals surface area contributed by atoms with Gasteiger partial charge >= 0.3 is 5.97 Å². The van der Waals surface area contributed by atoms with Crippen molar-refractivity contribution < 1.29 is 19.1 Å². The summed E-state index contributed by atoms with van der Waals surface area (Å²) in [5, 5.41) is 2.95. The number of anilines is 1. The highest BCUT2D eigenvalue weighted by atomic mass is 79.9. The third-order valence-corrected chi connectivity index (χ3v) is 5.58. The summed E-state index contributed by atoms with van der Waals surface area (Å²) < 4.78 is 12.2. The Balaban J connectivity index is 2.21. The number of halogens is 1. The topological polar surface area (TPSA) is 64.6 Å². The van der Waals surface area contributed by atoms with Crippen LogP contribution in [0.1, 0.15) is 32.8 Å². The summed E-state index contributed by atoms with van der Waals surface area (Å²) in [5.41, 5.74) is 0.529. The standard InChI is InChI=1S/C18H22BrNO4/c1-4-14-18(15(10(3)9-24-14)16(21)23-5-2)12-7-6-11(19)8-13(12)20-17(18)22/h6-8,10,14-15H,4-5,9H2,1-3H3,(H,20,22)/t10-,14+,15-,18-/m1/s1. The molecule has 2 heterocycles. The Labute approximate surface area is 150 Å². The molecule has 1 fully saturated rings. The third kappa shape index (κ3) is 2.39. The first kappa shape index (κ1) is 17.4. The Morgan fingerprint density at radius 1 is 1.46 bits per heavy atom. The lowest BCUT2D eigenvalue weighted by molar-refractivity contribution is -0.174. The maximum Gasteiger partial charge on any atom is 0.310 e. The molecule has 24 heavy (non-hydrogen) atoms. The van der Waals surface area contributed by atoms with Crippen LogP contribution in [-0.2, 0) is 24.5 Å². The predicted molar refractivity (Wildman–Crippen MR) is 93.8 cm³/mol. The van der Waals surface area contributed by atoms with Crippen molar-refractivity contribution in [3.8, 4) is 0 Å². The summed E-state index contributed by atoms with van der Waals surface area (Å²) in [4.78, 5) is 25.9. The summed E-state index contributed by atoms with van der Waals surface area (Å²) in [6.45, 7) is 6.45. The van der Waals surface area contributed by atoms with E-state index in [1.807, 2.05) is 32.0 Å². The SMILES string of the molecule is CCOC(=O)[C@H]1[C@H](C)CO[C@@H](CC)[C@@]12C(=O)Nc1cc(Br)ccc12. The Bertz CT molecular complexity index is 677. The molecule has 130 valence electrons. The monoisotopic (exact) mass is 395 g/mol. The zero-order valence-corrected chi connectivity index (χ0v) is 15.7. The van der Waals surface area contributed by atoms with Crippen molar-refractivity contribution in [2.45, 2.75) is 38.7 Å². The van der Waals surface area contributed by atoms with Gasteiger partial charge in [0.15, 0.2) is 0 Å². The lowest BCUT2D eigenvalue weighted by Crippen LogP contribution is -2.60. The van der Waals surface area contributed by atoms with E-state index in [0.29, 0.717) is 19.6 Å². The van der Waals surface area contributed by atoms with Crippen LogP contribution in [0.15, 0.2) is 22.7 Å². The molecule has 0 saturated carbocycles. The number of carbonyl (C=O) groups is 2. The van der Waals surface area contributed by atoms with E-state index >= 15 is 0 Å². The van der Waals surface area contributed by atoms with Gasteiger partial charge in [-0.25, -0.2) is 0 Å². The number of esters is 1. The number of hydrogen-bond acceptors (Lipinski definition) is 4. The fourth-order valence-electron chi connectivity index (χ4n) is 4.19. The van der Waals surface area contributed by atoms with Crippen LogP contribution < -0.4 is 5.32 Å². The Hall–Kier alpha value is -1.40. The lowest BCUT2D eigenvalue weighted by Gasteiger charge is -2.47. The summed E-state index contributed by atoms with van der Waals surface area (Å²) in [7, 11) is 0. The molecule has 1 amide bonds. The second-order valence-corrected chi connectivity index (χ2v) is 7.37. The van der Waals surface area contributed by atoms with E-state index in [1.165, 1.54) is 0 Å². The van der Waals surface area contributed by atoms with E-state index in [0.717, 1.165) is 15.7 Å². The van der Waals surface area contributed by atoms with Crippen molar-refractivity contribution >= 4 is 33.5 Å². The quantitative estimate of drug-likeness (QED) is 0.797. The van der Waals surface area contributed by atoms with Crippen molar-refractivity contribution in [1.82, 2.24) is 0 Å². The van der Waals surface area contributed by atoms with Crippen LogP contribution in [0.5, 0.6) is 0 Å². The maximum absolute atomic E-state index is 13.1. The molecule has 1 aromatic carbocycles. The highest BCUT2D eigenvalue weighted by molar-refractivity contribution is 9.10. The molecule has 3 rings (SSSR count).